The van der Waals surface area contributed by atoms with E-state index in [1.807, 2.05) is 39.5 Å². The van der Waals surface area contributed by atoms with Crippen LogP contribution >= 0.6 is 0 Å². The molecule has 0 spiro atoms. The second-order valence-electron chi connectivity index (χ2n) is 5.12. The third kappa shape index (κ3) is 3.98. The van der Waals surface area contributed by atoms with E-state index in [0.717, 1.165) is 13.1 Å². The van der Waals surface area contributed by atoms with Crippen LogP contribution in [0.5, 0.6) is 0 Å². The molecule has 1 aromatic heterocycles. The molecule has 1 aromatic rings. The van der Waals surface area contributed by atoms with E-state index in [1.54, 1.807) is 12.3 Å². The Morgan fingerprint density at radius 3 is 2.44 bits per heavy atom. The van der Waals surface area contributed by atoms with Gasteiger partial charge in [-0.15, -0.1) is 0 Å². The molecule has 0 saturated heterocycles. The summed E-state index contributed by atoms with van der Waals surface area (Å²) in [5, 5.41) is 2.89. The molecule has 1 N–H and O–H groups in total. The number of hydrogen-bond acceptors (Lipinski definition) is 4. The van der Waals surface area contributed by atoms with Crippen molar-refractivity contribution in [3.05, 3.63) is 18.0 Å². The van der Waals surface area contributed by atoms with Gasteiger partial charge < -0.3 is 10.2 Å². The minimum Gasteiger partial charge on any atom is -0.346 e. The lowest BCUT2D eigenvalue weighted by Crippen LogP contribution is -2.41. The number of hydrogen-bond donors (Lipinski definition) is 1. The molecule has 0 aliphatic carbocycles. The molecule has 0 atom stereocenters. The van der Waals surface area contributed by atoms with Crippen LogP contribution in [-0.2, 0) is 0 Å². The molecular weight excluding hydrogens is 228 g/mol. The Balaban J connectivity index is 2.91. The fourth-order valence-electron chi connectivity index (χ4n) is 1.54. The minimum absolute atomic E-state index is 0.168. The summed E-state index contributed by atoms with van der Waals surface area (Å²) in [4.78, 5) is 22.5. The van der Waals surface area contributed by atoms with Crippen molar-refractivity contribution in [3.63, 3.8) is 0 Å². The Hall–Kier alpha value is -1.65. The summed E-state index contributed by atoms with van der Waals surface area (Å²) >= 11 is 0. The molecular formula is C13H22N4O. The van der Waals surface area contributed by atoms with E-state index >= 15 is 0 Å². The zero-order valence-electron chi connectivity index (χ0n) is 11.8. The van der Waals surface area contributed by atoms with E-state index in [2.05, 4.69) is 15.3 Å². The molecule has 100 valence electrons. The normalized spacial score (nSPS) is 11.2. The van der Waals surface area contributed by atoms with Crippen LogP contribution in [0.25, 0.3) is 0 Å². The second kappa shape index (κ2) is 5.80. The lowest BCUT2D eigenvalue weighted by molar-refractivity contribution is 0.0914. The molecule has 18 heavy (non-hydrogen) atoms. The molecule has 0 aliphatic heterocycles. The first kappa shape index (κ1) is 14.4. The molecule has 0 bridgehead atoms. The second-order valence-corrected chi connectivity index (χ2v) is 5.12. The zero-order chi connectivity index (χ0) is 13.8. The fourth-order valence-corrected chi connectivity index (χ4v) is 1.54. The first-order valence-electron chi connectivity index (χ1n) is 6.28. The van der Waals surface area contributed by atoms with E-state index < -0.39 is 0 Å². The number of anilines is 1. The molecule has 0 aliphatic rings. The molecule has 0 fully saturated rings. The maximum absolute atomic E-state index is 12.0. The third-order valence-corrected chi connectivity index (χ3v) is 2.41. The summed E-state index contributed by atoms with van der Waals surface area (Å²) in [6, 6.07) is 1.63. The number of carbonyl (C=O) groups excluding carboxylic acids is 1. The highest BCUT2D eigenvalue weighted by Crippen LogP contribution is 2.08. The molecule has 5 nitrogen and oxygen atoms in total. The maximum atomic E-state index is 12.0. The summed E-state index contributed by atoms with van der Waals surface area (Å²) in [6.45, 7) is 11.5. The summed E-state index contributed by atoms with van der Waals surface area (Å²) in [6.07, 6.45) is 1.62. The number of aromatic nitrogens is 2. The lowest BCUT2D eigenvalue weighted by atomic mass is 10.1. The summed E-state index contributed by atoms with van der Waals surface area (Å²) in [5.74, 6) is 0.430. The Kier molecular flexibility index (Phi) is 4.64. The van der Waals surface area contributed by atoms with E-state index in [9.17, 15) is 4.79 Å². The fraction of sp³-hybridized carbons (Fsp3) is 0.615. The van der Waals surface area contributed by atoms with Gasteiger partial charge in [0, 0.05) is 24.8 Å². The zero-order valence-corrected chi connectivity index (χ0v) is 11.8. The average Bonchev–Trinajstić information content (AvgIpc) is 2.29. The van der Waals surface area contributed by atoms with Crippen molar-refractivity contribution in [1.29, 1.82) is 0 Å². The smallest absolute Gasteiger partial charge is 0.270 e. The molecule has 5 heteroatoms. The number of amides is 1. The Morgan fingerprint density at radius 1 is 1.33 bits per heavy atom. The predicted molar refractivity (Wildman–Crippen MR) is 72.8 cm³/mol. The predicted octanol–water partition coefficient (Wildman–Crippen LogP) is 1.85. The highest BCUT2D eigenvalue weighted by Gasteiger charge is 2.17. The quantitative estimate of drug-likeness (QED) is 0.886. The van der Waals surface area contributed by atoms with Gasteiger partial charge in [0.05, 0.1) is 0 Å². The van der Waals surface area contributed by atoms with Crippen LogP contribution in [0.15, 0.2) is 12.3 Å². The Labute approximate surface area is 109 Å². The highest BCUT2D eigenvalue weighted by molar-refractivity contribution is 5.92. The van der Waals surface area contributed by atoms with E-state index in [-0.39, 0.29) is 11.4 Å². The van der Waals surface area contributed by atoms with Gasteiger partial charge in [0.2, 0.25) is 5.95 Å². The average molecular weight is 250 g/mol. The van der Waals surface area contributed by atoms with Gasteiger partial charge in [0.1, 0.15) is 5.69 Å². The van der Waals surface area contributed by atoms with Crippen molar-refractivity contribution in [2.75, 3.05) is 18.0 Å². The van der Waals surface area contributed by atoms with Crippen LogP contribution in [0.4, 0.5) is 5.95 Å². The largest absolute Gasteiger partial charge is 0.346 e. The van der Waals surface area contributed by atoms with Crippen molar-refractivity contribution < 1.29 is 4.79 Å². The summed E-state index contributed by atoms with van der Waals surface area (Å²) in [7, 11) is 0. The monoisotopic (exact) mass is 250 g/mol. The number of rotatable bonds is 4. The number of carbonyl (C=O) groups is 1. The van der Waals surface area contributed by atoms with Crippen molar-refractivity contribution in [2.45, 2.75) is 40.2 Å². The van der Waals surface area contributed by atoms with Gasteiger partial charge in [-0.05, 0) is 40.7 Å². The van der Waals surface area contributed by atoms with Crippen molar-refractivity contribution in [1.82, 2.24) is 15.3 Å². The molecule has 0 unspecified atom stereocenters. The Bertz CT molecular complexity index is 408. The van der Waals surface area contributed by atoms with Crippen LogP contribution in [0.1, 0.15) is 45.1 Å². The van der Waals surface area contributed by atoms with Crippen LogP contribution in [0.2, 0.25) is 0 Å². The standard InChI is InChI=1S/C13H22N4O/c1-6-17(7-2)12-14-9-8-10(15-12)11(18)16-13(3,4)5/h8-9H,6-7H2,1-5H3,(H,16,18). The van der Waals surface area contributed by atoms with Crippen molar-refractivity contribution in [2.24, 2.45) is 0 Å². The molecule has 0 radical (unpaired) electrons. The van der Waals surface area contributed by atoms with Crippen LogP contribution < -0.4 is 10.2 Å². The molecule has 1 amide bonds. The first-order chi connectivity index (χ1) is 8.37. The molecule has 1 rings (SSSR count). The maximum Gasteiger partial charge on any atom is 0.270 e. The van der Waals surface area contributed by atoms with E-state index in [1.165, 1.54) is 0 Å². The van der Waals surface area contributed by atoms with Crippen molar-refractivity contribution in [3.8, 4) is 0 Å². The highest BCUT2D eigenvalue weighted by atomic mass is 16.2. The number of nitrogens with zero attached hydrogens (tertiary/aromatic N) is 3. The van der Waals surface area contributed by atoms with Gasteiger partial charge in [0.25, 0.3) is 5.91 Å². The van der Waals surface area contributed by atoms with Crippen LogP contribution in [0, 0.1) is 0 Å². The summed E-state index contributed by atoms with van der Waals surface area (Å²) < 4.78 is 0. The molecule has 0 saturated carbocycles. The lowest BCUT2D eigenvalue weighted by Gasteiger charge is -2.21. The van der Waals surface area contributed by atoms with Gasteiger partial charge in [-0.1, -0.05) is 0 Å². The van der Waals surface area contributed by atoms with Gasteiger partial charge in [-0.3, -0.25) is 4.79 Å². The van der Waals surface area contributed by atoms with Gasteiger partial charge in [0.15, 0.2) is 0 Å². The Morgan fingerprint density at radius 2 is 1.94 bits per heavy atom. The summed E-state index contributed by atoms with van der Waals surface area (Å²) in [5.41, 5.74) is 0.138. The third-order valence-electron chi connectivity index (χ3n) is 2.41. The molecule has 0 aromatic carbocycles. The molecule has 1 heterocycles. The van der Waals surface area contributed by atoms with Gasteiger partial charge >= 0.3 is 0 Å². The topological polar surface area (TPSA) is 58.1 Å². The SMILES string of the molecule is CCN(CC)c1nccc(C(=O)NC(C)(C)C)n1. The number of nitrogens with one attached hydrogen (secondary N) is 1. The van der Waals surface area contributed by atoms with Crippen molar-refractivity contribution >= 4 is 11.9 Å². The van der Waals surface area contributed by atoms with Gasteiger partial charge in [-0.25, -0.2) is 9.97 Å². The van der Waals surface area contributed by atoms with E-state index in [0.29, 0.717) is 11.6 Å². The van der Waals surface area contributed by atoms with Crippen LogP contribution in [-0.4, -0.2) is 34.5 Å². The minimum atomic E-state index is -0.266. The van der Waals surface area contributed by atoms with Gasteiger partial charge in [-0.2, -0.15) is 0 Å². The first-order valence-corrected chi connectivity index (χ1v) is 6.28. The van der Waals surface area contributed by atoms with E-state index in [4.69, 9.17) is 0 Å². The van der Waals surface area contributed by atoms with Crippen LogP contribution in [0.3, 0.4) is 0 Å².